The van der Waals surface area contributed by atoms with Gasteiger partial charge in [-0.05, 0) is 0 Å². The summed E-state index contributed by atoms with van der Waals surface area (Å²) in [5, 5.41) is 0. The fraction of sp³-hybridized carbons (Fsp3) is 0.375. The van der Waals surface area contributed by atoms with Crippen LogP contribution in [0.1, 0.15) is 33.6 Å². The van der Waals surface area contributed by atoms with Crippen LogP contribution >= 0.6 is 0 Å². The van der Waals surface area contributed by atoms with Gasteiger partial charge in [-0.2, -0.15) is 0 Å². The average molecular weight is 302 g/mol. The molecule has 0 aliphatic heterocycles. The predicted octanol–water partition coefficient (Wildman–Crippen LogP) is 4.18. The molecule has 0 heterocycles. The minimum absolute atomic E-state index is 0.105. The minimum atomic E-state index is -0.531. The predicted molar refractivity (Wildman–Crippen MR) is 69.9 cm³/mol. The normalized spacial score (nSPS) is 18.2. The second-order valence-electron chi connectivity index (χ2n) is 5.45. The maximum atomic E-state index is 3.38. The standard InChI is InChI=1S/C11H13.C5H5.Zr/c1-11(2,3)9-8-10-6-4-5-7-10;1-2-4-5-3-1;/h4,6H,5H2,1-3H3;1-3H,4H2;. The molecular weight excluding hydrogens is 283 g/mol. The van der Waals surface area contributed by atoms with Crippen LogP contribution in [0.4, 0.5) is 0 Å². The van der Waals surface area contributed by atoms with Crippen molar-refractivity contribution in [3.63, 3.8) is 0 Å². The SMILES string of the molecule is CC(C)(C)C#CC1=[C]([Zr][C]2=CC=CC2)CC=C1. The summed E-state index contributed by atoms with van der Waals surface area (Å²) in [6, 6.07) is 0. The summed E-state index contributed by atoms with van der Waals surface area (Å²) in [6.07, 6.45) is 13.6. The number of hydrogen-bond acceptors (Lipinski definition) is 0. The molecule has 2 aliphatic rings. The Morgan fingerprint density at radius 2 is 2.00 bits per heavy atom. The van der Waals surface area contributed by atoms with E-state index in [-0.39, 0.29) is 5.41 Å². The molecule has 2 rings (SSSR count). The van der Waals surface area contributed by atoms with E-state index < -0.39 is 23.2 Å². The van der Waals surface area contributed by atoms with Crippen molar-refractivity contribution in [2.45, 2.75) is 33.6 Å². The fourth-order valence-corrected chi connectivity index (χ4v) is 4.89. The molecule has 86 valence electrons. The quantitative estimate of drug-likeness (QED) is 0.671. The summed E-state index contributed by atoms with van der Waals surface area (Å²) in [5.41, 5.74) is 1.42. The summed E-state index contributed by atoms with van der Waals surface area (Å²) in [5.74, 6) is 6.73. The van der Waals surface area contributed by atoms with Crippen molar-refractivity contribution < 1.29 is 23.2 Å². The first-order chi connectivity index (χ1) is 8.04. The van der Waals surface area contributed by atoms with E-state index in [0.29, 0.717) is 0 Å². The molecule has 0 unspecified atom stereocenters. The van der Waals surface area contributed by atoms with E-state index in [1.807, 2.05) is 0 Å². The van der Waals surface area contributed by atoms with Crippen LogP contribution in [0, 0.1) is 17.3 Å². The molecule has 0 aromatic rings. The van der Waals surface area contributed by atoms with Gasteiger partial charge in [-0.3, -0.25) is 0 Å². The van der Waals surface area contributed by atoms with E-state index in [2.05, 4.69) is 63.0 Å². The molecule has 0 aromatic carbocycles. The first-order valence-corrected chi connectivity index (χ1v) is 8.56. The zero-order valence-electron chi connectivity index (χ0n) is 10.8. The van der Waals surface area contributed by atoms with E-state index >= 15 is 0 Å². The molecule has 2 aliphatic carbocycles. The Morgan fingerprint density at radius 3 is 2.65 bits per heavy atom. The Bertz CT molecular complexity index is 482. The van der Waals surface area contributed by atoms with Crippen LogP contribution in [-0.2, 0) is 23.2 Å². The molecule has 0 radical (unpaired) electrons. The second kappa shape index (κ2) is 5.37. The molecule has 0 bridgehead atoms. The van der Waals surface area contributed by atoms with E-state index in [9.17, 15) is 0 Å². The van der Waals surface area contributed by atoms with E-state index in [4.69, 9.17) is 0 Å². The van der Waals surface area contributed by atoms with E-state index in [1.54, 1.807) is 6.56 Å². The molecule has 0 fully saturated rings. The first kappa shape index (κ1) is 12.8. The van der Waals surface area contributed by atoms with Gasteiger partial charge in [0.1, 0.15) is 0 Å². The third-order valence-corrected chi connectivity index (χ3v) is 6.19. The Labute approximate surface area is 116 Å². The van der Waals surface area contributed by atoms with Gasteiger partial charge in [-0.1, -0.05) is 0 Å². The molecule has 0 saturated carbocycles. The molecule has 0 spiro atoms. The second-order valence-corrected chi connectivity index (χ2v) is 9.12. The van der Waals surface area contributed by atoms with Crippen LogP contribution in [0.25, 0.3) is 0 Å². The van der Waals surface area contributed by atoms with Crippen molar-refractivity contribution in [1.82, 2.24) is 0 Å². The van der Waals surface area contributed by atoms with Crippen molar-refractivity contribution in [1.29, 1.82) is 0 Å². The van der Waals surface area contributed by atoms with Crippen LogP contribution in [0.5, 0.6) is 0 Å². The maximum absolute atomic E-state index is 3.38. The Morgan fingerprint density at radius 1 is 1.18 bits per heavy atom. The summed E-state index contributed by atoms with van der Waals surface area (Å²) in [7, 11) is 0. The Kier molecular flexibility index (Phi) is 4.06. The fourth-order valence-electron chi connectivity index (χ4n) is 1.73. The van der Waals surface area contributed by atoms with Gasteiger partial charge in [0.25, 0.3) is 0 Å². The Hall–Kier alpha value is -0.597. The van der Waals surface area contributed by atoms with E-state index in [1.165, 1.54) is 12.0 Å². The van der Waals surface area contributed by atoms with Crippen LogP contribution in [-0.4, -0.2) is 0 Å². The molecule has 0 nitrogen and oxygen atoms in total. The van der Waals surface area contributed by atoms with Gasteiger partial charge in [0.05, 0.1) is 0 Å². The molecule has 0 saturated heterocycles. The number of rotatable bonds is 2. The van der Waals surface area contributed by atoms with Gasteiger partial charge in [0.2, 0.25) is 0 Å². The van der Waals surface area contributed by atoms with Gasteiger partial charge < -0.3 is 0 Å². The summed E-state index contributed by atoms with van der Waals surface area (Å²) in [4.78, 5) is 0. The van der Waals surface area contributed by atoms with E-state index in [0.717, 1.165) is 6.42 Å². The number of hydrogen-bond donors (Lipinski definition) is 0. The zero-order valence-corrected chi connectivity index (χ0v) is 13.3. The summed E-state index contributed by atoms with van der Waals surface area (Å²) < 4.78 is 3.34. The van der Waals surface area contributed by atoms with Crippen molar-refractivity contribution >= 4 is 0 Å². The van der Waals surface area contributed by atoms with Gasteiger partial charge in [-0.25, -0.2) is 0 Å². The summed E-state index contributed by atoms with van der Waals surface area (Å²) >= 11 is -0.531. The molecule has 0 amide bonds. The molecule has 17 heavy (non-hydrogen) atoms. The van der Waals surface area contributed by atoms with Crippen LogP contribution in [0.15, 0.2) is 42.5 Å². The van der Waals surface area contributed by atoms with Crippen LogP contribution in [0.2, 0.25) is 0 Å². The topological polar surface area (TPSA) is 0 Å². The van der Waals surface area contributed by atoms with Gasteiger partial charge in [0.15, 0.2) is 0 Å². The third-order valence-electron chi connectivity index (χ3n) is 2.59. The monoisotopic (exact) mass is 300 g/mol. The first-order valence-electron chi connectivity index (χ1n) is 6.10. The molecular formula is C16H18Zr. The van der Waals surface area contributed by atoms with Crippen molar-refractivity contribution in [2.75, 3.05) is 0 Å². The summed E-state index contributed by atoms with van der Waals surface area (Å²) in [6.45, 7) is 6.51. The Balaban J connectivity index is 2.11. The van der Waals surface area contributed by atoms with Crippen LogP contribution < -0.4 is 0 Å². The molecule has 0 N–H and O–H groups in total. The van der Waals surface area contributed by atoms with Gasteiger partial charge >= 0.3 is 117 Å². The van der Waals surface area contributed by atoms with Crippen LogP contribution in [0.3, 0.4) is 0 Å². The molecule has 0 aromatic heterocycles. The van der Waals surface area contributed by atoms with Gasteiger partial charge in [0, 0.05) is 0 Å². The van der Waals surface area contributed by atoms with Gasteiger partial charge in [-0.15, -0.1) is 0 Å². The van der Waals surface area contributed by atoms with Crippen molar-refractivity contribution in [3.8, 4) is 11.8 Å². The van der Waals surface area contributed by atoms with Crippen molar-refractivity contribution in [3.05, 3.63) is 42.5 Å². The molecule has 1 heteroatoms. The average Bonchev–Trinajstić information content (AvgIpc) is 2.86. The third kappa shape index (κ3) is 3.97. The zero-order chi connectivity index (χ0) is 12.3. The number of allylic oxidation sites excluding steroid dienone is 8. The molecule has 0 atom stereocenters. The van der Waals surface area contributed by atoms with Crippen molar-refractivity contribution in [2.24, 2.45) is 5.41 Å².